The average molecular weight is 602 g/mol. The van der Waals surface area contributed by atoms with Crippen LogP contribution in [0, 0.1) is 5.41 Å². The van der Waals surface area contributed by atoms with E-state index in [1.165, 1.54) is 5.57 Å². The minimum atomic E-state index is -1.11. The number of ether oxygens (including phenoxy) is 2. The van der Waals surface area contributed by atoms with Crippen LogP contribution in [-0.2, 0) is 30.4 Å². The summed E-state index contributed by atoms with van der Waals surface area (Å²) < 4.78 is 20.0. The van der Waals surface area contributed by atoms with Gasteiger partial charge < -0.3 is 19.5 Å². The van der Waals surface area contributed by atoms with Crippen molar-refractivity contribution in [1.29, 1.82) is 0 Å². The van der Waals surface area contributed by atoms with Gasteiger partial charge in [0.2, 0.25) is 0 Å². The van der Waals surface area contributed by atoms with Gasteiger partial charge in [0, 0.05) is 39.6 Å². The van der Waals surface area contributed by atoms with Crippen LogP contribution >= 0.6 is 0 Å². The van der Waals surface area contributed by atoms with E-state index < -0.39 is 16.8 Å². The number of aliphatic imine (C=N–C) groups is 1. The highest BCUT2D eigenvalue weighted by Crippen LogP contribution is 2.58. The summed E-state index contributed by atoms with van der Waals surface area (Å²) in [6.07, 6.45) is 7.64. The highest BCUT2D eigenvalue weighted by molar-refractivity contribution is 7.95. The van der Waals surface area contributed by atoms with Gasteiger partial charge in [-0.3, -0.25) is 0 Å². The highest BCUT2D eigenvalue weighted by Gasteiger charge is 2.70. The van der Waals surface area contributed by atoms with E-state index in [0.717, 1.165) is 36.1 Å². The molecule has 0 aromatic heterocycles. The molecule has 42 heavy (non-hydrogen) atoms. The minimum absolute atomic E-state index is 0.0547. The minimum Gasteiger partial charge on any atom is -0.385 e. The molecule has 5 atom stereocenters. The van der Waals surface area contributed by atoms with Crippen molar-refractivity contribution in [3.8, 4) is 0 Å². The maximum Gasteiger partial charge on any atom is 0.171 e. The molecule has 2 fully saturated rings. The summed E-state index contributed by atoms with van der Waals surface area (Å²) in [6.45, 7) is 22.3. The molecule has 236 valence electrons. The lowest BCUT2D eigenvalue weighted by atomic mass is 9.74. The van der Waals surface area contributed by atoms with E-state index in [0.29, 0.717) is 18.3 Å². The lowest BCUT2D eigenvalue weighted by molar-refractivity contribution is -0.215. The third-order valence-corrected chi connectivity index (χ3v) is 11.7. The number of benzene rings is 1. The molecule has 2 saturated heterocycles. The van der Waals surface area contributed by atoms with Gasteiger partial charge in [-0.1, -0.05) is 26.0 Å². The number of aliphatic hydroxyl groups is 1. The molecule has 0 radical (unpaired) electrons. The molecule has 1 aliphatic carbocycles. The first-order valence-electron chi connectivity index (χ1n) is 15.5. The lowest BCUT2D eigenvalue weighted by Crippen LogP contribution is -2.53. The van der Waals surface area contributed by atoms with E-state index in [-0.39, 0.29) is 32.9 Å². The third kappa shape index (κ3) is 6.66. The molecule has 2 aliphatic heterocycles. The molecule has 0 spiro atoms. The van der Waals surface area contributed by atoms with Gasteiger partial charge in [0.05, 0.1) is 23.2 Å². The summed E-state index contributed by atoms with van der Waals surface area (Å²) in [4.78, 5) is 6.78. The summed E-state index contributed by atoms with van der Waals surface area (Å²) in [7, 11) is 5.71. The molecular weight excluding hydrogens is 544 g/mol. The topological polar surface area (TPSA) is 63.5 Å². The molecule has 7 heteroatoms. The van der Waals surface area contributed by atoms with Crippen molar-refractivity contribution in [3.63, 3.8) is 0 Å². The van der Waals surface area contributed by atoms with Gasteiger partial charge in [-0.2, -0.15) is 4.18 Å². The summed E-state index contributed by atoms with van der Waals surface area (Å²) in [5, 5.41) is 12.6. The van der Waals surface area contributed by atoms with Gasteiger partial charge >= 0.3 is 0 Å². The van der Waals surface area contributed by atoms with E-state index in [1.54, 1.807) is 7.11 Å². The number of allylic oxidation sites excluding steroid dienone is 2. The molecule has 6 nitrogen and oxygen atoms in total. The second kappa shape index (κ2) is 11.2. The molecule has 4 rings (SSSR count). The normalized spacial score (nSPS) is 33.4. The number of fused-ring (bicyclic) bond motifs is 2. The Labute approximate surface area is 258 Å². The van der Waals surface area contributed by atoms with E-state index in [4.69, 9.17) is 18.6 Å². The van der Waals surface area contributed by atoms with Gasteiger partial charge in [0.25, 0.3) is 0 Å². The number of rotatable bonds is 7. The maximum atomic E-state index is 12.6. The zero-order valence-corrected chi connectivity index (χ0v) is 29.4. The highest BCUT2D eigenvalue weighted by atomic mass is 32.2. The zero-order chi connectivity index (χ0) is 31.5. The Bertz CT molecular complexity index is 1200. The van der Waals surface area contributed by atoms with Gasteiger partial charge in [-0.25, -0.2) is 4.99 Å². The maximum absolute atomic E-state index is 12.6. The van der Waals surface area contributed by atoms with Crippen LogP contribution in [0.2, 0.25) is 0 Å². The van der Waals surface area contributed by atoms with Crippen molar-refractivity contribution in [3.05, 3.63) is 35.4 Å². The fraction of sp³-hybridized carbons (Fsp3) is 0.743. The molecule has 1 aromatic rings. The molecule has 0 unspecified atom stereocenters. The van der Waals surface area contributed by atoms with Crippen LogP contribution in [0.15, 0.2) is 29.3 Å². The van der Waals surface area contributed by atoms with Crippen molar-refractivity contribution >= 4 is 28.8 Å². The van der Waals surface area contributed by atoms with E-state index >= 15 is 0 Å². The molecule has 0 amide bonds. The van der Waals surface area contributed by atoms with Crippen molar-refractivity contribution in [1.82, 2.24) is 4.90 Å². The Hall–Kier alpha value is -1.38. The van der Waals surface area contributed by atoms with Gasteiger partial charge in [-0.05, 0) is 103 Å². The quantitative estimate of drug-likeness (QED) is 0.199. The molecule has 3 aliphatic rings. The lowest BCUT2D eigenvalue weighted by Gasteiger charge is -2.46. The van der Waals surface area contributed by atoms with Crippen LogP contribution in [0.5, 0.6) is 0 Å². The average Bonchev–Trinajstić information content (AvgIpc) is 2.99. The van der Waals surface area contributed by atoms with Gasteiger partial charge in [-0.15, -0.1) is 0 Å². The second-order valence-electron chi connectivity index (χ2n) is 16.3. The van der Waals surface area contributed by atoms with Gasteiger partial charge in [0.15, 0.2) is 26.8 Å². The van der Waals surface area contributed by atoms with Crippen LogP contribution in [-0.4, -0.2) is 70.5 Å². The Morgan fingerprint density at radius 3 is 2.10 bits per heavy atom. The molecule has 2 bridgehead atoms. The largest absolute Gasteiger partial charge is 0.385 e. The Balaban J connectivity index is 1.77. The van der Waals surface area contributed by atoms with Crippen molar-refractivity contribution in [2.45, 2.75) is 140 Å². The predicted octanol–water partition coefficient (Wildman–Crippen LogP) is 7.56. The van der Waals surface area contributed by atoms with Crippen LogP contribution < -0.4 is 0 Å². The summed E-state index contributed by atoms with van der Waals surface area (Å²) in [5.74, 6) is 0. The number of hydrogen-bond acceptors (Lipinski definition) is 5. The molecular formula is C35H57N2O4S+. The first kappa shape index (κ1) is 33.5. The standard InChI is InChI=1S/C35H57N2O4S/c1-30(2,3)42(31(4,5)6)40-29-28(39-13)33(9)21-35(38,22-34(29,10)41-33)25-14-15-27(36-23-37(11)12)26(20-25)24-16-18-32(7,8)19-17-24/h14-16,20,23,28-29,38H,17-19,21-22H2,1-13H3/q+1/t28-,29+,33+,34-,35+/m0/s1. The van der Waals surface area contributed by atoms with E-state index in [9.17, 15) is 5.11 Å². The number of nitrogens with zero attached hydrogens (tertiary/aromatic N) is 2. The van der Waals surface area contributed by atoms with Crippen LogP contribution in [0.25, 0.3) is 5.57 Å². The van der Waals surface area contributed by atoms with Crippen molar-refractivity contribution in [2.24, 2.45) is 10.4 Å². The Kier molecular flexibility index (Phi) is 8.94. The van der Waals surface area contributed by atoms with E-state index in [1.807, 2.05) is 25.3 Å². The molecule has 1 aromatic carbocycles. The smallest absolute Gasteiger partial charge is 0.171 e. The number of methoxy groups -OCH3 is 1. The van der Waals surface area contributed by atoms with Crippen molar-refractivity contribution < 1.29 is 18.8 Å². The molecule has 0 saturated carbocycles. The van der Waals surface area contributed by atoms with Gasteiger partial charge in [0.1, 0.15) is 11.7 Å². The van der Waals surface area contributed by atoms with Crippen molar-refractivity contribution in [2.75, 3.05) is 21.2 Å². The fourth-order valence-corrected chi connectivity index (χ4v) is 10.4. The molecule has 2 heterocycles. The Morgan fingerprint density at radius 2 is 1.60 bits per heavy atom. The summed E-state index contributed by atoms with van der Waals surface area (Å²) in [6, 6.07) is 6.32. The first-order chi connectivity index (χ1) is 19.1. The third-order valence-electron chi connectivity index (χ3n) is 9.08. The van der Waals surface area contributed by atoms with Crippen LogP contribution in [0.3, 0.4) is 0 Å². The molecule has 1 N–H and O–H groups in total. The monoisotopic (exact) mass is 601 g/mol. The number of hydrogen-bond donors (Lipinski definition) is 1. The fourth-order valence-electron chi connectivity index (χ4n) is 7.52. The SMILES string of the molecule is CO[C@H]1[C@@H](O[S+](C(C)(C)C)C(C)(C)C)[C@]2(C)C[C@@](O)(c3ccc(N=CN(C)C)c(C4=CCC(C)(C)CC4)c3)C[C@@]1(C)O2. The van der Waals surface area contributed by atoms with Crippen LogP contribution in [0.4, 0.5) is 5.69 Å². The zero-order valence-electron chi connectivity index (χ0n) is 28.6. The van der Waals surface area contributed by atoms with Crippen LogP contribution in [0.1, 0.15) is 112 Å². The second-order valence-corrected chi connectivity index (χ2v) is 19.5. The summed E-state index contributed by atoms with van der Waals surface area (Å²) >= 11 is -0.386. The summed E-state index contributed by atoms with van der Waals surface area (Å²) in [5.41, 5.74) is 2.04. The first-order valence-corrected chi connectivity index (χ1v) is 16.7. The predicted molar refractivity (Wildman–Crippen MR) is 177 cm³/mol. The van der Waals surface area contributed by atoms with E-state index in [2.05, 4.69) is 93.5 Å². The Morgan fingerprint density at radius 1 is 1.00 bits per heavy atom.